The van der Waals surface area contributed by atoms with E-state index in [0.29, 0.717) is 22.5 Å². The summed E-state index contributed by atoms with van der Waals surface area (Å²) in [6.45, 7) is 7.93. The van der Waals surface area contributed by atoms with Gasteiger partial charge in [-0.15, -0.1) is 0 Å². The number of carbonyl (C=O) groups is 2. The lowest BCUT2D eigenvalue weighted by molar-refractivity contribution is 0.101. The van der Waals surface area contributed by atoms with Gasteiger partial charge in [0.05, 0.1) is 11.1 Å². The van der Waals surface area contributed by atoms with E-state index in [1.54, 1.807) is 12.1 Å². The molecule has 0 saturated carbocycles. The number of hydrogen-bond donors (Lipinski definition) is 4. The average molecular weight is 861 g/mol. The SMILES string of the molecule is Cc1ccc(NC(=O)c2cc3ccccc3c(-c3ccc(/C=C/c4ccc(/C=C/c5ccc(-c6c(O)c(C(=O)Nc7ccc(C)cc7C)cc7ccccc67)cc5)cc4)cc3)c2O)c(C)c1. The molecule has 0 fully saturated rings. The van der Waals surface area contributed by atoms with Crippen LogP contribution in [-0.4, -0.2) is 22.0 Å². The Morgan fingerprint density at radius 3 is 1.09 bits per heavy atom. The number of carbonyl (C=O) groups excluding carboxylic acids is 2. The number of benzene rings is 9. The van der Waals surface area contributed by atoms with Gasteiger partial charge in [0.15, 0.2) is 0 Å². The van der Waals surface area contributed by atoms with Gasteiger partial charge in [-0.25, -0.2) is 0 Å². The van der Waals surface area contributed by atoms with E-state index in [1.165, 1.54) is 0 Å². The number of aromatic hydroxyl groups is 2. The Kier molecular flexibility index (Phi) is 11.9. The molecule has 0 spiro atoms. The predicted molar refractivity (Wildman–Crippen MR) is 274 cm³/mol. The fourth-order valence-corrected chi connectivity index (χ4v) is 8.52. The molecule has 0 atom stereocenters. The molecule has 0 bridgehead atoms. The predicted octanol–water partition coefficient (Wildman–Crippen LogP) is 14.8. The Hall–Kier alpha value is -8.48. The molecule has 2 amide bonds. The molecule has 4 N–H and O–H groups in total. The van der Waals surface area contributed by atoms with E-state index in [2.05, 4.69) is 59.2 Å². The van der Waals surface area contributed by atoms with Crippen LogP contribution in [0, 0.1) is 27.7 Å². The quantitative estimate of drug-likeness (QED) is 0.103. The van der Waals surface area contributed by atoms with Crippen molar-refractivity contribution in [1.29, 1.82) is 0 Å². The van der Waals surface area contributed by atoms with Gasteiger partial charge in [-0.3, -0.25) is 9.59 Å². The Balaban J connectivity index is 0.885. The van der Waals surface area contributed by atoms with Gasteiger partial charge in [0.2, 0.25) is 0 Å². The van der Waals surface area contributed by atoms with E-state index < -0.39 is 0 Å². The Bertz CT molecular complexity index is 3150. The van der Waals surface area contributed by atoms with Crippen LogP contribution in [0.25, 0.3) is 68.1 Å². The zero-order chi connectivity index (χ0) is 45.9. The van der Waals surface area contributed by atoms with Gasteiger partial charge in [-0.05, 0) is 118 Å². The lowest BCUT2D eigenvalue weighted by atomic mass is 9.93. The normalized spacial score (nSPS) is 11.5. The molecule has 0 aromatic heterocycles. The highest BCUT2D eigenvalue weighted by atomic mass is 16.3. The average Bonchev–Trinajstić information content (AvgIpc) is 3.32. The number of aryl methyl sites for hydroxylation is 4. The molecule has 0 unspecified atom stereocenters. The zero-order valence-corrected chi connectivity index (χ0v) is 37.2. The third-order valence-corrected chi connectivity index (χ3v) is 12.1. The number of phenols is 2. The summed E-state index contributed by atoms with van der Waals surface area (Å²) >= 11 is 0. The fourth-order valence-electron chi connectivity index (χ4n) is 8.52. The van der Waals surface area contributed by atoms with Crippen LogP contribution < -0.4 is 10.6 Å². The van der Waals surface area contributed by atoms with Gasteiger partial charge in [0, 0.05) is 22.5 Å². The summed E-state index contributed by atoms with van der Waals surface area (Å²) < 4.78 is 0. The number of nitrogens with one attached hydrogen (secondary N) is 2. The number of hydrogen-bond acceptors (Lipinski definition) is 4. The molecule has 0 aliphatic carbocycles. The van der Waals surface area contributed by atoms with Crippen molar-refractivity contribution in [3.8, 4) is 33.8 Å². The highest BCUT2D eigenvalue weighted by Crippen LogP contribution is 2.41. The first-order valence-electron chi connectivity index (χ1n) is 21.9. The molecule has 9 aromatic carbocycles. The van der Waals surface area contributed by atoms with Gasteiger partial charge >= 0.3 is 0 Å². The van der Waals surface area contributed by atoms with Crippen molar-refractivity contribution < 1.29 is 19.8 Å². The molecule has 0 aliphatic heterocycles. The van der Waals surface area contributed by atoms with Crippen molar-refractivity contribution in [2.24, 2.45) is 0 Å². The first-order valence-corrected chi connectivity index (χ1v) is 21.9. The minimum Gasteiger partial charge on any atom is -0.506 e. The second-order valence-electron chi connectivity index (χ2n) is 16.9. The molecule has 6 heteroatoms. The second-order valence-corrected chi connectivity index (χ2v) is 16.9. The topological polar surface area (TPSA) is 98.7 Å². The van der Waals surface area contributed by atoms with E-state index in [0.717, 1.165) is 77.2 Å². The van der Waals surface area contributed by atoms with E-state index >= 15 is 0 Å². The van der Waals surface area contributed by atoms with E-state index in [-0.39, 0.29) is 34.4 Å². The molecule has 9 aromatic rings. The lowest BCUT2D eigenvalue weighted by Gasteiger charge is -2.15. The van der Waals surface area contributed by atoms with Gasteiger partial charge in [-0.2, -0.15) is 0 Å². The molecule has 0 aliphatic rings. The summed E-state index contributed by atoms with van der Waals surface area (Å²) in [5.74, 6) is -0.850. The largest absolute Gasteiger partial charge is 0.506 e. The van der Waals surface area contributed by atoms with Crippen molar-refractivity contribution in [2.75, 3.05) is 10.6 Å². The summed E-state index contributed by atoms with van der Waals surface area (Å²) in [4.78, 5) is 27.1. The number of fused-ring (bicyclic) bond motifs is 2. The summed E-state index contributed by atoms with van der Waals surface area (Å²) in [7, 11) is 0. The summed E-state index contributed by atoms with van der Waals surface area (Å²) in [6.07, 6.45) is 8.23. The molecule has 0 heterocycles. The second kappa shape index (κ2) is 18.3. The van der Waals surface area contributed by atoms with Crippen molar-refractivity contribution in [1.82, 2.24) is 0 Å². The van der Waals surface area contributed by atoms with Crippen LogP contribution in [0.2, 0.25) is 0 Å². The minimum absolute atomic E-state index is 0.0581. The van der Waals surface area contributed by atoms with Crippen LogP contribution in [0.3, 0.4) is 0 Å². The number of rotatable bonds is 10. The highest BCUT2D eigenvalue weighted by molar-refractivity contribution is 6.14. The van der Waals surface area contributed by atoms with E-state index in [4.69, 9.17) is 0 Å². The van der Waals surface area contributed by atoms with Gasteiger partial charge in [-0.1, -0.05) is 181 Å². The van der Waals surface area contributed by atoms with Crippen molar-refractivity contribution in [3.63, 3.8) is 0 Å². The Morgan fingerprint density at radius 1 is 0.409 bits per heavy atom. The standard InChI is InChI=1S/C60H48N2O4/c1-37-13-31-53(39(3)33-37)61-59(65)51-35-47-9-5-7-11-49(47)55(57(51)63)45-27-23-43(24-28-45)21-19-41-15-17-42(18-16-41)20-22-44-25-29-46(30-26-44)56-50-12-8-6-10-48(50)36-52(58(56)64)60(66)62-54-32-14-38(2)34-40(54)4/h5-36,63-64H,1-4H3,(H,61,65)(H,62,66)/b21-19+,22-20+. The molecule has 6 nitrogen and oxygen atoms in total. The fraction of sp³-hybridized carbons (Fsp3) is 0.0667. The molecule has 0 saturated heterocycles. The molecule has 322 valence electrons. The third kappa shape index (κ3) is 8.99. The van der Waals surface area contributed by atoms with E-state index in [1.807, 2.05) is 161 Å². The van der Waals surface area contributed by atoms with Crippen molar-refractivity contribution in [3.05, 3.63) is 225 Å². The first-order chi connectivity index (χ1) is 32.0. The molecular formula is C60H48N2O4. The smallest absolute Gasteiger partial charge is 0.259 e. The first kappa shape index (κ1) is 42.8. The van der Waals surface area contributed by atoms with Gasteiger partial charge < -0.3 is 20.8 Å². The lowest BCUT2D eigenvalue weighted by Crippen LogP contribution is -2.13. The van der Waals surface area contributed by atoms with Crippen LogP contribution >= 0.6 is 0 Å². The maximum atomic E-state index is 13.6. The number of phenolic OH excluding ortho intramolecular Hbond substituents is 2. The van der Waals surface area contributed by atoms with Crippen LogP contribution in [0.1, 0.15) is 65.2 Å². The Labute approximate surface area is 384 Å². The van der Waals surface area contributed by atoms with Crippen LogP contribution in [0.4, 0.5) is 11.4 Å². The summed E-state index contributed by atoms with van der Waals surface area (Å²) in [5.41, 5.74) is 12.9. The zero-order valence-electron chi connectivity index (χ0n) is 37.2. The summed E-state index contributed by atoms with van der Waals surface area (Å²) in [6, 6.07) is 55.0. The maximum absolute atomic E-state index is 13.6. The molecule has 0 radical (unpaired) electrons. The van der Waals surface area contributed by atoms with Crippen molar-refractivity contribution >= 4 is 69.0 Å². The van der Waals surface area contributed by atoms with Crippen LogP contribution in [-0.2, 0) is 0 Å². The van der Waals surface area contributed by atoms with Crippen LogP contribution in [0.15, 0.2) is 170 Å². The third-order valence-electron chi connectivity index (χ3n) is 12.1. The van der Waals surface area contributed by atoms with Crippen LogP contribution in [0.5, 0.6) is 11.5 Å². The number of anilines is 2. The number of amides is 2. The molecule has 66 heavy (non-hydrogen) atoms. The monoisotopic (exact) mass is 860 g/mol. The molecular weight excluding hydrogens is 813 g/mol. The summed E-state index contributed by atoms with van der Waals surface area (Å²) in [5, 5.41) is 32.7. The van der Waals surface area contributed by atoms with Gasteiger partial charge in [0.1, 0.15) is 11.5 Å². The van der Waals surface area contributed by atoms with Gasteiger partial charge in [0.25, 0.3) is 11.8 Å². The molecule has 9 rings (SSSR count). The van der Waals surface area contributed by atoms with Crippen molar-refractivity contribution in [2.45, 2.75) is 27.7 Å². The minimum atomic E-state index is -0.367. The van der Waals surface area contributed by atoms with E-state index in [9.17, 15) is 19.8 Å². The Morgan fingerprint density at radius 2 is 0.742 bits per heavy atom. The maximum Gasteiger partial charge on any atom is 0.259 e. The highest BCUT2D eigenvalue weighted by Gasteiger charge is 2.22.